The lowest BCUT2D eigenvalue weighted by Crippen LogP contribution is -2.55. The van der Waals surface area contributed by atoms with Crippen LogP contribution in [0.1, 0.15) is 18.4 Å². The normalized spacial score (nSPS) is 14.0. The average Bonchev–Trinajstić information content (AvgIpc) is 2.69. The zero-order valence-electron chi connectivity index (χ0n) is 16.2. The Labute approximate surface area is 174 Å². The number of hydrogen-bond acceptors (Lipinski definition) is 6. The second-order valence-corrected chi connectivity index (χ2v) is 8.29. The summed E-state index contributed by atoms with van der Waals surface area (Å²) in [6.45, 7) is 0. The van der Waals surface area contributed by atoms with Gasteiger partial charge in [-0.3, -0.25) is 9.59 Å². The van der Waals surface area contributed by atoms with Crippen LogP contribution in [-0.2, 0) is 20.8 Å². The van der Waals surface area contributed by atoms with Gasteiger partial charge in [0.15, 0.2) is 0 Å². The van der Waals surface area contributed by atoms with Crippen LogP contribution in [0.25, 0.3) is 0 Å². The van der Waals surface area contributed by atoms with Gasteiger partial charge >= 0.3 is 5.97 Å². The molecular weight excluding hydrogens is 398 g/mol. The van der Waals surface area contributed by atoms with E-state index >= 15 is 0 Å². The zero-order valence-corrected chi connectivity index (χ0v) is 17.9. The molecule has 0 saturated heterocycles. The van der Waals surface area contributed by atoms with Gasteiger partial charge in [0.05, 0.1) is 6.04 Å². The first-order valence-corrected chi connectivity index (χ1v) is 11.8. The summed E-state index contributed by atoms with van der Waals surface area (Å²) in [6, 6.07) is 6.48. The minimum Gasteiger partial charge on any atom is -0.480 e. The lowest BCUT2D eigenvalue weighted by Gasteiger charge is -2.23. The van der Waals surface area contributed by atoms with Crippen LogP contribution in [0.5, 0.6) is 0 Å². The maximum atomic E-state index is 12.7. The Morgan fingerprint density at radius 3 is 2.11 bits per heavy atom. The maximum Gasteiger partial charge on any atom is 0.326 e. The van der Waals surface area contributed by atoms with Gasteiger partial charge in [0.2, 0.25) is 11.8 Å². The van der Waals surface area contributed by atoms with E-state index in [2.05, 4.69) is 10.6 Å². The SMILES string of the molecule is CSCC[C@H](NC(=O)[C@@H](N)CCSC)C(=O)N[C@@H](Cc1ccccc1)C(=O)O. The number of nitrogens with one attached hydrogen (secondary N) is 2. The number of amides is 2. The van der Waals surface area contributed by atoms with Gasteiger partial charge in [0.25, 0.3) is 0 Å². The van der Waals surface area contributed by atoms with Gasteiger partial charge in [-0.25, -0.2) is 4.79 Å². The molecule has 0 unspecified atom stereocenters. The minimum atomic E-state index is -1.12. The summed E-state index contributed by atoms with van der Waals surface area (Å²) in [6.07, 6.45) is 4.90. The molecule has 3 atom stereocenters. The van der Waals surface area contributed by atoms with Crippen molar-refractivity contribution < 1.29 is 19.5 Å². The van der Waals surface area contributed by atoms with Crippen LogP contribution in [-0.4, -0.2) is 65.0 Å². The number of nitrogens with two attached hydrogens (primary N) is 1. The molecule has 9 heteroatoms. The predicted molar refractivity (Wildman–Crippen MR) is 116 cm³/mol. The van der Waals surface area contributed by atoms with Crippen molar-refractivity contribution in [2.24, 2.45) is 5.73 Å². The molecule has 1 aromatic rings. The van der Waals surface area contributed by atoms with Crippen LogP contribution in [0, 0.1) is 0 Å². The molecule has 0 aromatic heterocycles. The number of rotatable bonds is 13. The Morgan fingerprint density at radius 2 is 1.54 bits per heavy atom. The van der Waals surface area contributed by atoms with E-state index in [1.807, 2.05) is 30.7 Å². The molecule has 156 valence electrons. The van der Waals surface area contributed by atoms with Crippen molar-refractivity contribution in [1.82, 2.24) is 10.6 Å². The Balaban J connectivity index is 2.77. The largest absolute Gasteiger partial charge is 0.480 e. The van der Waals surface area contributed by atoms with Crippen LogP contribution in [0.3, 0.4) is 0 Å². The quantitative estimate of drug-likeness (QED) is 0.372. The molecule has 0 heterocycles. The number of carbonyl (C=O) groups is 3. The van der Waals surface area contributed by atoms with Crippen LogP contribution < -0.4 is 16.4 Å². The molecule has 0 aliphatic carbocycles. The van der Waals surface area contributed by atoms with Crippen molar-refractivity contribution in [2.45, 2.75) is 37.4 Å². The van der Waals surface area contributed by atoms with Crippen molar-refractivity contribution in [2.75, 3.05) is 24.0 Å². The van der Waals surface area contributed by atoms with Crippen molar-refractivity contribution in [1.29, 1.82) is 0 Å². The highest BCUT2D eigenvalue weighted by atomic mass is 32.2. The monoisotopic (exact) mass is 427 g/mol. The van der Waals surface area contributed by atoms with E-state index in [1.165, 1.54) is 0 Å². The molecular formula is C19H29N3O4S2. The van der Waals surface area contributed by atoms with Gasteiger partial charge in [0, 0.05) is 6.42 Å². The van der Waals surface area contributed by atoms with Crippen LogP contribution >= 0.6 is 23.5 Å². The Morgan fingerprint density at radius 1 is 0.964 bits per heavy atom. The number of carboxylic acid groups (broad SMARTS) is 1. The number of aliphatic carboxylic acids is 1. The van der Waals surface area contributed by atoms with E-state index in [0.717, 1.165) is 11.3 Å². The molecule has 0 fully saturated rings. The predicted octanol–water partition coefficient (Wildman–Crippen LogP) is 1.12. The van der Waals surface area contributed by atoms with Crippen LogP contribution in [0.2, 0.25) is 0 Å². The summed E-state index contributed by atoms with van der Waals surface area (Å²) < 4.78 is 0. The molecule has 0 bridgehead atoms. The second-order valence-electron chi connectivity index (χ2n) is 6.32. The number of carboxylic acids is 1. The molecule has 28 heavy (non-hydrogen) atoms. The van der Waals surface area contributed by atoms with Crippen molar-refractivity contribution in [3.8, 4) is 0 Å². The fraction of sp³-hybridized carbons (Fsp3) is 0.526. The molecule has 0 spiro atoms. The third kappa shape index (κ3) is 8.99. The number of benzene rings is 1. The molecule has 1 rings (SSSR count). The van der Waals surface area contributed by atoms with E-state index < -0.39 is 35.9 Å². The molecule has 0 aliphatic heterocycles. The summed E-state index contributed by atoms with van der Waals surface area (Å²) in [7, 11) is 0. The molecule has 0 saturated carbocycles. The minimum absolute atomic E-state index is 0.165. The van der Waals surface area contributed by atoms with Crippen molar-refractivity contribution in [3.05, 3.63) is 35.9 Å². The molecule has 1 aromatic carbocycles. The summed E-state index contributed by atoms with van der Waals surface area (Å²) in [5.41, 5.74) is 6.68. The fourth-order valence-corrected chi connectivity index (χ4v) is 3.44. The van der Waals surface area contributed by atoms with Crippen LogP contribution in [0.4, 0.5) is 0 Å². The van der Waals surface area contributed by atoms with Gasteiger partial charge in [-0.15, -0.1) is 0 Å². The van der Waals surface area contributed by atoms with Crippen molar-refractivity contribution in [3.63, 3.8) is 0 Å². The van der Waals surface area contributed by atoms with E-state index in [4.69, 9.17) is 5.73 Å². The lowest BCUT2D eigenvalue weighted by molar-refractivity contribution is -0.142. The van der Waals surface area contributed by atoms with Gasteiger partial charge in [0.1, 0.15) is 12.1 Å². The lowest BCUT2D eigenvalue weighted by atomic mass is 10.1. The summed E-state index contributed by atoms with van der Waals surface area (Å²) in [4.78, 5) is 36.6. The summed E-state index contributed by atoms with van der Waals surface area (Å²) >= 11 is 3.13. The van der Waals surface area contributed by atoms with E-state index in [0.29, 0.717) is 18.6 Å². The highest BCUT2D eigenvalue weighted by molar-refractivity contribution is 7.98. The topological polar surface area (TPSA) is 122 Å². The molecule has 7 nitrogen and oxygen atoms in total. The van der Waals surface area contributed by atoms with Crippen molar-refractivity contribution >= 4 is 41.3 Å². The molecule has 0 radical (unpaired) electrons. The molecule has 5 N–H and O–H groups in total. The third-order valence-corrected chi connectivity index (χ3v) is 5.40. The number of hydrogen-bond donors (Lipinski definition) is 4. The van der Waals surface area contributed by atoms with E-state index in [1.54, 1.807) is 35.7 Å². The highest BCUT2D eigenvalue weighted by Gasteiger charge is 2.27. The summed E-state index contributed by atoms with van der Waals surface area (Å²) in [5.74, 6) is -0.639. The van der Waals surface area contributed by atoms with E-state index in [9.17, 15) is 19.5 Å². The Kier molecular flexibility index (Phi) is 11.7. The van der Waals surface area contributed by atoms with Gasteiger partial charge in [-0.05, 0) is 42.4 Å². The number of carbonyl (C=O) groups excluding carboxylic acids is 2. The van der Waals surface area contributed by atoms with Gasteiger partial charge in [-0.2, -0.15) is 23.5 Å². The highest BCUT2D eigenvalue weighted by Crippen LogP contribution is 2.07. The molecule has 2 amide bonds. The van der Waals surface area contributed by atoms with Gasteiger partial charge in [-0.1, -0.05) is 30.3 Å². The standard InChI is InChI=1S/C19H29N3O4S2/c1-27-10-8-14(20)17(23)21-15(9-11-28-2)18(24)22-16(19(25)26)12-13-6-4-3-5-7-13/h3-7,14-16H,8-12,20H2,1-2H3,(H,21,23)(H,22,24)(H,25,26)/t14-,15-,16-/m0/s1. The fourth-order valence-electron chi connectivity index (χ4n) is 2.48. The first kappa shape index (κ1) is 24.3. The van der Waals surface area contributed by atoms with Gasteiger partial charge < -0.3 is 21.5 Å². The first-order valence-electron chi connectivity index (χ1n) is 9.00. The first-order chi connectivity index (χ1) is 13.4. The third-order valence-electron chi connectivity index (χ3n) is 4.11. The smallest absolute Gasteiger partial charge is 0.326 e. The average molecular weight is 428 g/mol. The zero-order chi connectivity index (χ0) is 20.9. The second kappa shape index (κ2) is 13.5. The Bertz CT molecular complexity index is 631. The van der Waals surface area contributed by atoms with Crippen LogP contribution in [0.15, 0.2) is 30.3 Å². The maximum absolute atomic E-state index is 12.7. The molecule has 0 aliphatic rings. The number of thioether (sulfide) groups is 2. The summed E-state index contributed by atoms with van der Waals surface area (Å²) in [5, 5.41) is 14.7. The van der Waals surface area contributed by atoms with E-state index in [-0.39, 0.29) is 6.42 Å². The Hall–Kier alpha value is -1.71.